The molecule has 0 atom stereocenters. The predicted molar refractivity (Wildman–Crippen MR) is 111 cm³/mol. The standard InChI is InChI=1S/C20H24N4O3S/c1-22-20(27)15-9-7-14(8-10-15)11-24(2)12-19(26)23-16-5-3-4-6-17(16)28-13-18(21)25/h3-10H,11-13H2,1-2H3,(H2,21,25)(H,22,27)(H,23,26). The van der Waals surface area contributed by atoms with Crippen molar-refractivity contribution in [2.24, 2.45) is 5.73 Å². The van der Waals surface area contributed by atoms with Gasteiger partial charge < -0.3 is 16.4 Å². The summed E-state index contributed by atoms with van der Waals surface area (Å²) in [6.45, 7) is 0.769. The average molecular weight is 401 g/mol. The van der Waals surface area contributed by atoms with E-state index < -0.39 is 5.91 Å². The number of thioether (sulfide) groups is 1. The molecule has 8 heteroatoms. The second-order valence-corrected chi connectivity index (χ2v) is 7.26. The largest absolute Gasteiger partial charge is 0.369 e. The van der Waals surface area contributed by atoms with Gasteiger partial charge >= 0.3 is 0 Å². The summed E-state index contributed by atoms with van der Waals surface area (Å²) in [5, 5.41) is 5.46. The maximum Gasteiger partial charge on any atom is 0.251 e. The first-order valence-electron chi connectivity index (χ1n) is 8.68. The van der Waals surface area contributed by atoms with Crippen LogP contribution in [0.4, 0.5) is 5.69 Å². The van der Waals surface area contributed by atoms with Crippen LogP contribution in [0.5, 0.6) is 0 Å². The Hall–Kier alpha value is -2.84. The number of likely N-dealkylation sites (N-methyl/N-ethyl adjacent to an activating group) is 1. The molecule has 0 radical (unpaired) electrons. The lowest BCUT2D eigenvalue weighted by atomic mass is 10.1. The van der Waals surface area contributed by atoms with Gasteiger partial charge in [0.25, 0.3) is 5.91 Å². The van der Waals surface area contributed by atoms with Crippen LogP contribution < -0.4 is 16.4 Å². The Morgan fingerprint density at radius 3 is 2.39 bits per heavy atom. The lowest BCUT2D eigenvalue weighted by Crippen LogP contribution is -2.30. The molecule has 148 valence electrons. The molecule has 0 unspecified atom stereocenters. The zero-order valence-electron chi connectivity index (χ0n) is 15.9. The predicted octanol–water partition coefficient (Wildman–Crippen LogP) is 1.69. The first-order chi connectivity index (χ1) is 13.4. The number of nitrogens with two attached hydrogens (primary N) is 1. The fourth-order valence-electron chi connectivity index (χ4n) is 2.55. The normalized spacial score (nSPS) is 10.5. The second-order valence-electron chi connectivity index (χ2n) is 6.25. The molecule has 0 saturated carbocycles. The number of nitrogens with one attached hydrogen (secondary N) is 2. The lowest BCUT2D eigenvalue weighted by molar-refractivity contribution is -0.117. The van der Waals surface area contributed by atoms with Crippen molar-refractivity contribution in [3.63, 3.8) is 0 Å². The number of carbonyl (C=O) groups excluding carboxylic acids is 3. The van der Waals surface area contributed by atoms with Gasteiger partial charge in [-0.05, 0) is 36.9 Å². The molecular weight excluding hydrogens is 376 g/mol. The van der Waals surface area contributed by atoms with E-state index in [9.17, 15) is 14.4 Å². The molecule has 3 amide bonds. The second kappa shape index (κ2) is 10.5. The van der Waals surface area contributed by atoms with Crippen LogP contribution in [0.1, 0.15) is 15.9 Å². The topological polar surface area (TPSA) is 105 Å². The van der Waals surface area contributed by atoms with E-state index in [2.05, 4.69) is 10.6 Å². The van der Waals surface area contributed by atoms with Crippen LogP contribution >= 0.6 is 11.8 Å². The smallest absolute Gasteiger partial charge is 0.251 e. The number of anilines is 1. The zero-order chi connectivity index (χ0) is 20.5. The summed E-state index contributed by atoms with van der Waals surface area (Å²) in [4.78, 5) is 37.6. The lowest BCUT2D eigenvalue weighted by Gasteiger charge is -2.17. The highest BCUT2D eigenvalue weighted by atomic mass is 32.2. The maximum atomic E-state index is 12.4. The van der Waals surface area contributed by atoms with Crippen LogP contribution in [0.25, 0.3) is 0 Å². The summed E-state index contributed by atoms with van der Waals surface area (Å²) in [7, 11) is 3.44. The van der Waals surface area contributed by atoms with Crippen molar-refractivity contribution in [1.82, 2.24) is 10.2 Å². The van der Waals surface area contributed by atoms with Crippen LogP contribution in [-0.2, 0) is 16.1 Å². The third-order valence-electron chi connectivity index (χ3n) is 3.84. The van der Waals surface area contributed by atoms with Crippen molar-refractivity contribution in [3.05, 3.63) is 59.7 Å². The van der Waals surface area contributed by atoms with Gasteiger partial charge in [-0.1, -0.05) is 24.3 Å². The fraction of sp³-hybridized carbons (Fsp3) is 0.250. The molecule has 7 nitrogen and oxygen atoms in total. The number of benzene rings is 2. The molecular formula is C20H24N4O3S. The molecule has 0 fully saturated rings. The van der Waals surface area contributed by atoms with Gasteiger partial charge in [-0.25, -0.2) is 0 Å². The number of carbonyl (C=O) groups is 3. The molecule has 0 spiro atoms. The van der Waals surface area contributed by atoms with E-state index >= 15 is 0 Å². The van der Waals surface area contributed by atoms with Crippen molar-refractivity contribution < 1.29 is 14.4 Å². The van der Waals surface area contributed by atoms with Crippen LogP contribution in [0, 0.1) is 0 Å². The van der Waals surface area contributed by atoms with E-state index in [4.69, 9.17) is 5.73 Å². The first kappa shape index (κ1) is 21.5. The molecule has 2 rings (SSSR count). The van der Waals surface area contributed by atoms with E-state index in [0.29, 0.717) is 17.8 Å². The summed E-state index contributed by atoms with van der Waals surface area (Å²) < 4.78 is 0. The molecule has 0 aliphatic heterocycles. The summed E-state index contributed by atoms with van der Waals surface area (Å²) in [5.41, 5.74) is 7.44. The van der Waals surface area contributed by atoms with Gasteiger partial charge in [-0.2, -0.15) is 0 Å². The van der Waals surface area contributed by atoms with Gasteiger partial charge in [0.05, 0.1) is 18.0 Å². The highest BCUT2D eigenvalue weighted by Crippen LogP contribution is 2.26. The number of rotatable bonds is 9. The van der Waals surface area contributed by atoms with Crippen LogP contribution in [0.2, 0.25) is 0 Å². The number of nitrogens with zero attached hydrogens (tertiary/aromatic N) is 1. The molecule has 0 aliphatic carbocycles. The van der Waals surface area contributed by atoms with Gasteiger partial charge in [0.1, 0.15) is 0 Å². The van der Waals surface area contributed by atoms with Crippen molar-refractivity contribution in [3.8, 4) is 0 Å². The highest BCUT2D eigenvalue weighted by molar-refractivity contribution is 8.00. The molecule has 28 heavy (non-hydrogen) atoms. The summed E-state index contributed by atoms with van der Waals surface area (Å²) in [5.74, 6) is -0.546. The third-order valence-corrected chi connectivity index (χ3v) is 4.94. The van der Waals surface area contributed by atoms with Crippen molar-refractivity contribution >= 4 is 35.2 Å². The molecule has 0 aliphatic rings. The van der Waals surface area contributed by atoms with Gasteiger partial charge in [0.15, 0.2) is 0 Å². The number of hydrogen-bond acceptors (Lipinski definition) is 5. The van der Waals surface area contributed by atoms with E-state index in [1.807, 2.05) is 42.3 Å². The quantitative estimate of drug-likeness (QED) is 0.556. The summed E-state index contributed by atoms with van der Waals surface area (Å²) in [6.07, 6.45) is 0. The summed E-state index contributed by atoms with van der Waals surface area (Å²) in [6, 6.07) is 14.5. The molecule has 0 aromatic heterocycles. The molecule has 2 aromatic carbocycles. The van der Waals surface area contributed by atoms with Crippen LogP contribution in [0.3, 0.4) is 0 Å². The first-order valence-corrected chi connectivity index (χ1v) is 9.67. The zero-order valence-corrected chi connectivity index (χ0v) is 16.7. The van der Waals surface area contributed by atoms with Crippen molar-refractivity contribution in [2.75, 3.05) is 31.7 Å². The highest BCUT2D eigenvalue weighted by Gasteiger charge is 2.11. The Morgan fingerprint density at radius 1 is 1.07 bits per heavy atom. The number of para-hydroxylation sites is 1. The Bertz CT molecular complexity index is 840. The Labute approximate surface area is 168 Å². The molecule has 0 saturated heterocycles. The summed E-state index contributed by atoms with van der Waals surface area (Å²) >= 11 is 1.29. The minimum Gasteiger partial charge on any atom is -0.369 e. The van der Waals surface area contributed by atoms with Gasteiger partial charge in [0, 0.05) is 24.1 Å². The Kier molecular flexibility index (Phi) is 8.03. The Morgan fingerprint density at radius 2 is 1.75 bits per heavy atom. The fourth-order valence-corrected chi connectivity index (χ4v) is 3.30. The van der Waals surface area contributed by atoms with Crippen molar-refractivity contribution in [1.29, 1.82) is 0 Å². The van der Waals surface area contributed by atoms with Crippen molar-refractivity contribution in [2.45, 2.75) is 11.4 Å². The Balaban J connectivity index is 1.91. The van der Waals surface area contributed by atoms with Crippen LogP contribution in [-0.4, -0.2) is 49.0 Å². The number of amides is 3. The number of hydrogen-bond donors (Lipinski definition) is 3. The van der Waals surface area contributed by atoms with E-state index in [1.165, 1.54) is 11.8 Å². The van der Waals surface area contributed by atoms with Crippen LogP contribution in [0.15, 0.2) is 53.4 Å². The average Bonchev–Trinajstić information content (AvgIpc) is 2.67. The monoisotopic (exact) mass is 400 g/mol. The molecule has 0 heterocycles. The minimum atomic E-state index is -0.409. The minimum absolute atomic E-state index is 0.132. The maximum absolute atomic E-state index is 12.4. The molecule has 0 bridgehead atoms. The molecule has 2 aromatic rings. The van der Waals surface area contributed by atoms with E-state index in [0.717, 1.165) is 10.5 Å². The van der Waals surface area contributed by atoms with E-state index in [1.54, 1.807) is 25.2 Å². The van der Waals surface area contributed by atoms with Gasteiger partial charge in [-0.3, -0.25) is 19.3 Å². The SMILES string of the molecule is CNC(=O)c1ccc(CN(C)CC(=O)Nc2ccccc2SCC(N)=O)cc1. The van der Waals surface area contributed by atoms with Gasteiger partial charge in [-0.15, -0.1) is 11.8 Å². The van der Waals surface area contributed by atoms with E-state index in [-0.39, 0.29) is 24.1 Å². The third kappa shape index (κ3) is 6.71. The van der Waals surface area contributed by atoms with Gasteiger partial charge in [0.2, 0.25) is 11.8 Å². The molecule has 4 N–H and O–H groups in total. The number of primary amides is 1.